The molecule has 0 saturated carbocycles. The van der Waals surface area contributed by atoms with Crippen LogP contribution in [0.3, 0.4) is 0 Å². The number of rotatable bonds is 1. The zero-order chi connectivity index (χ0) is 8.43. The van der Waals surface area contributed by atoms with E-state index in [4.69, 9.17) is 0 Å². The Bertz CT molecular complexity index is 127. The fraction of sp³-hybridized carbons (Fsp3) is 1.00. The van der Waals surface area contributed by atoms with Crippen LogP contribution in [-0.4, -0.2) is 30.5 Å². The number of nitrogens with one attached hydrogen (secondary N) is 1. The first-order valence-corrected chi connectivity index (χ1v) is 4.74. The molecule has 2 atom stereocenters. The van der Waals surface area contributed by atoms with Gasteiger partial charge in [-0.05, 0) is 18.9 Å². The Morgan fingerprint density at radius 3 is 2.64 bits per heavy atom. The number of hydrogen-bond donors (Lipinski definition) is 2. The van der Waals surface area contributed by atoms with E-state index in [1.165, 1.54) is 6.54 Å². The first-order valence-electron chi connectivity index (χ1n) is 4.23. The van der Waals surface area contributed by atoms with Crippen LogP contribution in [-0.2, 0) is 0 Å². The lowest BCUT2D eigenvalue weighted by atomic mass is 9.94. The summed E-state index contributed by atoms with van der Waals surface area (Å²) in [6, 6.07) is 0. The predicted octanol–water partition coefficient (Wildman–Crippen LogP) is 1.01. The maximum absolute atomic E-state index is 4.38. The topological polar surface area (TPSA) is 15.3 Å². The second-order valence-electron chi connectivity index (χ2n) is 3.73. The highest BCUT2D eigenvalue weighted by atomic mass is 32.1. The van der Waals surface area contributed by atoms with Crippen LogP contribution in [0, 0.1) is 11.8 Å². The smallest absolute Gasteiger partial charge is 0.105 e. The van der Waals surface area contributed by atoms with Crippen LogP contribution < -0.4 is 5.32 Å². The molecule has 1 saturated heterocycles. The highest BCUT2D eigenvalue weighted by Gasteiger charge is 2.24. The highest BCUT2D eigenvalue weighted by Crippen LogP contribution is 2.17. The lowest BCUT2D eigenvalue weighted by Crippen LogP contribution is -2.51. The number of thiol groups is 1. The third-order valence-corrected chi connectivity index (χ3v) is 3.02. The predicted molar refractivity (Wildman–Crippen MR) is 51.7 cm³/mol. The Labute approximate surface area is 74.8 Å². The van der Waals surface area contributed by atoms with Gasteiger partial charge in [-0.15, -0.1) is 12.6 Å². The van der Waals surface area contributed by atoms with E-state index in [-0.39, 0.29) is 5.50 Å². The zero-order valence-electron chi connectivity index (χ0n) is 7.54. The van der Waals surface area contributed by atoms with Crippen molar-refractivity contribution in [3.05, 3.63) is 0 Å². The van der Waals surface area contributed by atoms with Crippen LogP contribution in [0.1, 0.15) is 13.8 Å². The Balaban J connectivity index is 2.40. The van der Waals surface area contributed by atoms with Crippen LogP contribution in [0.15, 0.2) is 0 Å². The second kappa shape index (κ2) is 3.78. The largest absolute Gasteiger partial charge is 0.293 e. The van der Waals surface area contributed by atoms with Crippen LogP contribution in [0.5, 0.6) is 0 Å². The molecule has 1 rings (SSSR count). The standard InChI is InChI=1S/C8H18N2S/c1-6(2)7-4-9-8(11)10(3)5-7/h6-9,11H,4-5H2,1-3H3. The van der Waals surface area contributed by atoms with E-state index in [0.29, 0.717) is 0 Å². The number of hydrogen-bond acceptors (Lipinski definition) is 3. The summed E-state index contributed by atoms with van der Waals surface area (Å²) in [6.45, 7) is 6.83. The van der Waals surface area contributed by atoms with Crippen molar-refractivity contribution in [3.8, 4) is 0 Å². The quantitative estimate of drug-likeness (QED) is 0.577. The molecule has 0 radical (unpaired) electrons. The molecule has 0 amide bonds. The molecule has 0 aromatic heterocycles. The van der Waals surface area contributed by atoms with Gasteiger partial charge >= 0.3 is 0 Å². The molecule has 2 unspecified atom stereocenters. The van der Waals surface area contributed by atoms with Gasteiger partial charge in [0.05, 0.1) is 0 Å². The number of nitrogens with zero attached hydrogens (tertiary/aromatic N) is 1. The normalized spacial score (nSPS) is 34.6. The Kier molecular flexibility index (Phi) is 3.22. The molecule has 0 aromatic rings. The van der Waals surface area contributed by atoms with E-state index in [0.717, 1.165) is 18.4 Å². The van der Waals surface area contributed by atoms with Crippen molar-refractivity contribution in [1.29, 1.82) is 0 Å². The molecule has 1 fully saturated rings. The van der Waals surface area contributed by atoms with Crippen molar-refractivity contribution >= 4 is 12.6 Å². The summed E-state index contributed by atoms with van der Waals surface area (Å²) < 4.78 is 0. The average Bonchev–Trinajstić information content (AvgIpc) is 1.94. The molecule has 3 heteroatoms. The second-order valence-corrected chi connectivity index (χ2v) is 4.21. The molecule has 1 aliphatic heterocycles. The summed E-state index contributed by atoms with van der Waals surface area (Å²) in [5.41, 5.74) is 0.255. The molecule has 0 aliphatic carbocycles. The molecule has 1 heterocycles. The van der Waals surface area contributed by atoms with Gasteiger partial charge in [0.25, 0.3) is 0 Å². The molecule has 0 bridgehead atoms. The van der Waals surface area contributed by atoms with Crippen LogP contribution in [0.2, 0.25) is 0 Å². The van der Waals surface area contributed by atoms with Gasteiger partial charge in [-0.1, -0.05) is 13.8 Å². The van der Waals surface area contributed by atoms with Crippen molar-refractivity contribution < 1.29 is 0 Å². The average molecular weight is 174 g/mol. The van der Waals surface area contributed by atoms with E-state index in [9.17, 15) is 0 Å². The summed E-state index contributed by atoms with van der Waals surface area (Å²) in [6.07, 6.45) is 0. The molecular formula is C8H18N2S. The molecule has 11 heavy (non-hydrogen) atoms. The Hall–Kier alpha value is 0.270. The molecule has 2 nitrogen and oxygen atoms in total. The SMILES string of the molecule is CC(C)C1CNC(S)N(C)C1. The van der Waals surface area contributed by atoms with Gasteiger partial charge in [-0.25, -0.2) is 0 Å². The van der Waals surface area contributed by atoms with Crippen LogP contribution in [0.25, 0.3) is 0 Å². The summed E-state index contributed by atoms with van der Waals surface area (Å²) in [7, 11) is 2.11. The Morgan fingerprint density at radius 2 is 2.18 bits per heavy atom. The van der Waals surface area contributed by atoms with E-state index in [1.54, 1.807) is 0 Å². The first-order chi connectivity index (χ1) is 5.11. The lowest BCUT2D eigenvalue weighted by Gasteiger charge is -2.37. The van der Waals surface area contributed by atoms with Gasteiger partial charge in [-0.3, -0.25) is 10.2 Å². The third-order valence-electron chi connectivity index (χ3n) is 2.45. The van der Waals surface area contributed by atoms with Gasteiger partial charge in [-0.2, -0.15) is 0 Å². The maximum Gasteiger partial charge on any atom is 0.105 e. The molecule has 1 aliphatic rings. The minimum Gasteiger partial charge on any atom is -0.293 e. The van der Waals surface area contributed by atoms with Crippen molar-refractivity contribution in [2.75, 3.05) is 20.1 Å². The summed E-state index contributed by atoms with van der Waals surface area (Å²) in [5, 5.41) is 3.35. The molecule has 1 N–H and O–H groups in total. The summed E-state index contributed by atoms with van der Waals surface area (Å²) >= 11 is 4.38. The minimum atomic E-state index is 0.255. The van der Waals surface area contributed by atoms with Gasteiger partial charge in [0.2, 0.25) is 0 Å². The van der Waals surface area contributed by atoms with E-state index < -0.39 is 0 Å². The zero-order valence-corrected chi connectivity index (χ0v) is 8.44. The minimum absolute atomic E-state index is 0.255. The Morgan fingerprint density at radius 1 is 1.55 bits per heavy atom. The highest BCUT2D eigenvalue weighted by molar-refractivity contribution is 7.80. The van der Waals surface area contributed by atoms with Gasteiger partial charge < -0.3 is 0 Å². The third kappa shape index (κ3) is 2.36. The maximum atomic E-state index is 4.38. The van der Waals surface area contributed by atoms with E-state index >= 15 is 0 Å². The van der Waals surface area contributed by atoms with Crippen molar-refractivity contribution in [2.24, 2.45) is 11.8 Å². The fourth-order valence-corrected chi connectivity index (χ4v) is 1.59. The van der Waals surface area contributed by atoms with E-state index in [2.05, 4.69) is 43.7 Å². The van der Waals surface area contributed by atoms with Crippen LogP contribution in [0.4, 0.5) is 0 Å². The molecular weight excluding hydrogens is 156 g/mol. The summed E-state index contributed by atoms with van der Waals surface area (Å²) in [4.78, 5) is 2.25. The molecule has 0 spiro atoms. The molecule has 0 aromatic carbocycles. The van der Waals surface area contributed by atoms with Crippen molar-refractivity contribution in [2.45, 2.75) is 19.3 Å². The van der Waals surface area contributed by atoms with Crippen molar-refractivity contribution in [3.63, 3.8) is 0 Å². The van der Waals surface area contributed by atoms with E-state index in [1.807, 2.05) is 0 Å². The van der Waals surface area contributed by atoms with Gasteiger partial charge in [0.15, 0.2) is 0 Å². The van der Waals surface area contributed by atoms with Crippen LogP contribution >= 0.6 is 12.6 Å². The summed E-state index contributed by atoms with van der Waals surface area (Å²) in [5.74, 6) is 1.55. The fourth-order valence-electron chi connectivity index (χ4n) is 1.39. The monoisotopic (exact) mass is 174 g/mol. The van der Waals surface area contributed by atoms with Crippen molar-refractivity contribution in [1.82, 2.24) is 10.2 Å². The lowest BCUT2D eigenvalue weighted by molar-refractivity contribution is 0.151. The molecule has 66 valence electrons. The van der Waals surface area contributed by atoms with Gasteiger partial charge in [0, 0.05) is 13.1 Å². The van der Waals surface area contributed by atoms with Gasteiger partial charge in [0.1, 0.15) is 5.50 Å². The first kappa shape index (κ1) is 9.36.